The highest BCUT2D eigenvalue weighted by atomic mass is 35.5. The van der Waals surface area contributed by atoms with Gasteiger partial charge in [-0.3, -0.25) is 4.99 Å². The summed E-state index contributed by atoms with van der Waals surface area (Å²) in [5.74, 6) is 0.345. The van der Waals surface area contributed by atoms with E-state index >= 15 is 0 Å². The van der Waals surface area contributed by atoms with Gasteiger partial charge in [0, 0.05) is 28.9 Å². The largest absolute Gasteiger partial charge is 0.385 e. The smallest absolute Gasteiger partial charge is 0.0511 e. The molecule has 22 heavy (non-hydrogen) atoms. The van der Waals surface area contributed by atoms with Crippen molar-refractivity contribution in [1.82, 2.24) is 10.2 Å². The molecule has 0 saturated heterocycles. The summed E-state index contributed by atoms with van der Waals surface area (Å²) in [7, 11) is 0. The lowest BCUT2D eigenvalue weighted by Gasteiger charge is -2.28. The van der Waals surface area contributed by atoms with E-state index in [1.54, 1.807) is 0 Å². The number of nitrogens with zero attached hydrogens (tertiary/aromatic N) is 2. The first-order valence-corrected chi connectivity index (χ1v) is 8.82. The lowest BCUT2D eigenvalue weighted by molar-refractivity contribution is 0.291. The third kappa shape index (κ3) is 4.72. The molecule has 2 unspecified atom stereocenters. The van der Waals surface area contributed by atoms with Crippen LogP contribution in [0.1, 0.15) is 40.0 Å². The molecule has 2 aliphatic rings. The third-order valence-corrected chi connectivity index (χ3v) is 4.73. The van der Waals surface area contributed by atoms with E-state index in [4.69, 9.17) is 11.6 Å². The maximum Gasteiger partial charge on any atom is 0.0511 e. The minimum atomic E-state index is 0.345. The maximum atomic E-state index is 6.08. The van der Waals surface area contributed by atoms with Crippen LogP contribution in [0.15, 0.2) is 39.6 Å². The lowest BCUT2D eigenvalue weighted by atomic mass is 9.91. The number of halogens is 1. The number of allylic oxidation sites excluding steroid dienone is 4. The Morgan fingerprint density at radius 2 is 2.18 bits per heavy atom. The van der Waals surface area contributed by atoms with Crippen molar-refractivity contribution in [3.05, 3.63) is 34.7 Å². The molecule has 0 saturated carbocycles. The lowest BCUT2D eigenvalue weighted by Crippen LogP contribution is -2.32. The number of fused-ring (bicyclic) bond motifs is 1. The van der Waals surface area contributed by atoms with Gasteiger partial charge in [0.2, 0.25) is 0 Å². The second kappa shape index (κ2) is 8.54. The van der Waals surface area contributed by atoms with E-state index in [9.17, 15) is 0 Å². The molecule has 2 rings (SSSR count). The van der Waals surface area contributed by atoms with Crippen molar-refractivity contribution in [3.63, 3.8) is 0 Å². The van der Waals surface area contributed by atoms with E-state index in [1.165, 1.54) is 25.1 Å². The van der Waals surface area contributed by atoms with Gasteiger partial charge < -0.3 is 10.2 Å². The van der Waals surface area contributed by atoms with Gasteiger partial charge in [-0.15, -0.1) is 0 Å². The second-order valence-electron chi connectivity index (χ2n) is 6.06. The van der Waals surface area contributed by atoms with Crippen LogP contribution < -0.4 is 5.32 Å². The van der Waals surface area contributed by atoms with Crippen LogP contribution in [0, 0.1) is 5.92 Å². The molecule has 2 atom stereocenters. The first kappa shape index (κ1) is 17.3. The molecule has 3 nitrogen and oxygen atoms in total. The van der Waals surface area contributed by atoms with Crippen LogP contribution in [0.25, 0.3) is 0 Å². The van der Waals surface area contributed by atoms with Crippen molar-refractivity contribution in [2.75, 3.05) is 19.6 Å². The van der Waals surface area contributed by atoms with Crippen LogP contribution in [0.4, 0.5) is 0 Å². The van der Waals surface area contributed by atoms with Crippen molar-refractivity contribution < 1.29 is 0 Å². The topological polar surface area (TPSA) is 27.6 Å². The molecule has 0 aromatic rings. The van der Waals surface area contributed by atoms with Gasteiger partial charge in [-0.05, 0) is 58.0 Å². The Labute approximate surface area is 139 Å². The van der Waals surface area contributed by atoms with Crippen molar-refractivity contribution >= 4 is 17.8 Å². The summed E-state index contributed by atoms with van der Waals surface area (Å²) in [4.78, 5) is 6.93. The molecule has 1 heterocycles. The zero-order chi connectivity index (χ0) is 15.9. The fourth-order valence-corrected chi connectivity index (χ4v) is 3.25. The highest BCUT2D eigenvalue weighted by molar-refractivity contribution is 6.31. The summed E-state index contributed by atoms with van der Waals surface area (Å²) in [5.41, 5.74) is 2.35. The molecule has 0 amide bonds. The quantitative estimate of drug-likeness (QED) is 0.729. The van der Waals surface area contributed by atoms with Gasteiger partial charge in [0.25, 0.3) is 0 Å². The van der Waals surface area contributed by atoms with Crippen LogP contribution in [0.5, 0.6) is 0 Å². The average Bonchev–Trinajstić information content (AvgIpc) is 2.51. The minimum Gasteiger partial charge on any atom is -0.385 e. The van der Waals surface area contributed by atoms with Crippen LogP contribution in [0.2, 0.25) is 0 Å². The van der Waals surface area contributed by atoms with Gasteiger partial charge in [0.15, 0.2) is 0 Å². The highest BCUT2D eigenvalue weighted by Gasteiger charge is 2.24. The SMILES string of the molecule is CCN(CC)CCCC(C)NC1=CC=NC2=CC(Cl)=CCC21. The van der Waals surface area contributed by atoms with Gasteiger partial charge >= 0.3 is 0 Å². The number of hydrogen-bond donors (Lipinski definition) is 1. The van der Waals surface area contributed by atoms with Gasteiger partial charge in [0.1, 0.15) is 0 Å². The molecular formula is C18H28ClN3. The molecule has 1 aliphatic heterocycles. The Kier molecular flexibility index (Phi) is 6.71. The van der Waals surface area contributed by atoms with Crippen molar-refractivity contribution in [2.24, 2.45) is 10.9 Å². The molecule has 1 N–H and O–H groups in total. The molecular weight excluding hydrogens is 294 g/mol. The molecule has 0 fully saturated rings. The zero-order valence-electron chi connectivity index (χ0n) is 14.0. The van der Waals surface area contributed by atoms with Gasteiger partial charge in [-0.1, -0.05) is 31.5 Å². The number of dihydropyridines is 1. The summed E-state index contributed by atoms with van der Waals surface area (Å²) in [5, 5.41) is 4.48. The fourth-order valence-electron chi connectivity index (χ4n) is 3.05. The van der Waals surface area contributed by atoms with Crippen molar-refractivity contribution in [1.29, 1.82) is 0 Å². The van der Waals surface area contributed by atoms with Gasteiger partial charge in [-0.2, -0.15) is 0 Å². The van der Waals surface area contributed by atoms with Crippen LogP contribution in [-0.4, -0.2) is 36.8 Å². The van der Waals surface area contributed by atoms with Gasteiger partial charge in [0.05, 0.1) is 5.70 Å². The summed E-state index contributed by atoms with van der Waals surface area (Å²) in [6.45, 7) is 10.2. The molecule has 0 aromatic carbocycles. The Morgan fingerprint density at radius 3 is 2.91 bits per heavy atom. The molecule has 0 bridgehead atoms. The van der Waals surface area contributed by atoms with E-state index in [0.29, 0.717) is 12.0 Å². The number of aliphatic imine (C=N–C) groups is 1. The van der Waals surface area contributed by atoms with Crippen LogP contribution >= 0.6 is 11.6 Å². The first-order chi connectivity index (χ1) is 10.6. The van der Waals surface area contributed by atoms with Crippen molar-refractivity contribution in [3.8, 4) is 0 Å². The van der Waals surface area contributed by atoms with E-state index in [2.05, 4.69) is 48.1 Å². The van der Waals surface area contributed by atoms with E-state index < -0.39 is 0 Å². The standard InChI is InChI=1S/C18H28ClN3/c1-4-22(5-2)12-6-7-14(3)21-17-10-11-20-18-13-15(19)8-9-16(17)18/h8,10-11,13-14,16,21H,4-7,9,12H2,1-3H3. The van der Waals surface area contributed by atoms with Crippen molar-refractivity contribution in [2.45, 2.75) is 46.1 Å². The molecule has 1 aliphatic carbocycles. The highest BCUT2D eigenvalue weighted by Crippen LogP contribution is 2.33. The summed E-state index contributed by atoms with van der Waals surface area (Å²) >= 11 is 6.08. The predicted octanol–water partition coefficient (Wildman–Crippen LogP) is 4.08. The summed E-state index contributed by atoms with van der Waals surface area (Å²) in [6, 6.07) is 0.482. The van der Waals surface area contributed by atoms with E-state index in [-0.39, 0.29) is 0 Å². The van der Waals surface area contributed by atoms with E-state index in [0.717, 1.165) is 30.2 Å². The van der Waals surface area contributed by atoms with Crippen LogP contribution in [0.3, 0.4) is 0 Å². The minimum absolute atomic E-state index is 0.345. The Hall–Kier alpha value is -1.06. The Morgan fingerprint density at radius 1 is 1.41 bits per heavy atom. The molecule has 122 valence electrons. The van der Waals surface area contributed by atoms with Crippen LogP contribution in [-0.2, 0) is 0 Å². The second-order valence-corrected chi connectivity index (χ2v) is 6.50. The number of hydrogen-bond acceptors (Lipinski definition) is 3. The normalized spacial score (nSPS) is 21.9. The monoisotopic (exact) mass is 321 g/mol. The zero-order valence-corrected chi connectivity index (χ0v) is 14.7. The van der Waals surface area contributed by atoms with E-state index in [1.807, 2.05) is 12.3 Å². The molecule has 0 spiro atoms. The van der Waals surface area contributed by atoms with Gasteiger partial charge in [-0.25, -0.2) is 0 Å². The third-order valence-electron chi connectivity index (χ3n) is 4.46. The predicted molar refractivity (Wildman–Crippen MR) is 96.3 cm³/mol. The number of rotatable bonds is 8. The Bertz CT molecular complexity index is 487. The molecule has 0 aromatic heterocycles. The first-order valence-electron chi connectivity index (χ1n) is 8.44. The maximum absolute atomic E-state index is 6.08. The summed E-state index contributed by atoms with van der Waals surface area (Å²) in [6.07, 6.45) is 11.4. The fraction of sp³-hybridized carbons (Fsp3) is 0.611. The molecule has 0 radical (unpaired) electrons. The molecule has 4 heteroatoms. The number of nitrogens with one attached hydrogen (secondary N) is 1. The Balaban J connectivity index is 1.82. The summed E-state index contributed by atoms with van der Waals surface area (Å²) < 4.78 is 0. The average molecular weight is 322 g/mol.